The van der Waals surface area contributed by atoms with Gasteiger partial charge in [-0.1, -0.05) is 48.2 Å². The van der Waals surface area contributed by atoms with Crippen molar-refractivity contribution in [3.63, 3.8) is 0 Å². The predicted octanol–water partition coefficient (Wildman–Crippen LogP) is 4.33. The van der Waals surface area contributed by atoms with Crippen molar-refractivity contribution in [2.75, 3.05) is 12.3 Å². The van der Waals surface area contributed by atoms with E-state index in [9.17, 15) is 13.6 Å². The monoisotopic (exact) mass is 458 g/mol. The number of nitrogens with zero attached hydrogens (tertiary/aromatic N) is 3. The smallest absolute Gasteiger partial charge is 0.230 e. The van der Waals surface area contributed by atoms with E-state index in [0.29, 0.717) is 24.1 Å². The quantitative estimate of drug-likeness (QED) is 0.342. The topological polar surface area (TPSA) is 69.0 Å². The lowest BCUT2D eigenvalue weighted by Crippen LogP contribution is -2.27. The minimum Gasteiger partial charge on any atom is -0.480 e. The molecule has 168 valence electrons. The van der Waals surface area contributed by atoms with Crippen LogP contribution in [0.15, 0.2) is 66.3 Å². The van der Waals surface area contributed by atoms with Gasteiger partial charge in [-0.2, -0.15) is 0 Å². The van der Waals surface area contributed by atoms with Crippen LogP contribution in [0.25, 0.3) is 0 Å². The number of rotatable bonds is 11. The van der Waals surface area contributed by atoms with Crippen LogP contribution >= 0.6 is 11.8 Å². The second kappa shape index (κ2) is 11.4. The molecule has 0 fully saturated rings. The number of allylic oxidation sites excluding steroid dienone is 1. The van der Waals surface area contributed by atoms with Gasteiger partial charge in [-0.05, 0) is 31.0 Å². The van der Waals surface area contributed by atoms with Gasteiger partial charge in [-0.25, -0.2) is 8.78 Å². The molecule has 3 aromatic rings. The SMILES string of the molecule is C=CCn1c(SCC(=O)NCCc2ccccc2)nnc1C(C)Oc1ccc(F)cc1F. The third-order valence-corrected chi connectivity index (χ3v) is 5.50. The summed E-state index contributed by atoms with van der Waals surface area (Å²) in [6.45, 7) is 6.37. The van der Waals surface area contributed by atoms with Gasteiger partial charge >= 0.3 is 0 Å². The van der Waals surface area contributed by atoms with E-state index in [1.807, 2.05) is 30.3 Å². The van der Waals surface area contributed by atoms with Gasteiger partial charge in [0.25, 0.3) is 0 Å². The number of carbonyl (C=O) groups is 1. The molecule has 1 heterocycles. The van der Waals surface area contributed by atoms with Gasteiger partial charge in [-0.3, -0.25) is 9.36 Å². The molecule has 9 heteroatoms. The lowest BCUT2D eigenvalue weighted by Gasteiger charge is -2.16. The number of hydrogen-bond donors (Lipinski definition) is 1. The minimum atomic E-state index is -0.798. The number of amides is 1. The van der Waals surface area contributed by atoms with Crippen LogP contribution in [0, 0.1) is 11.6 Å². The highest BCUT2D eigenvalue weighted by Crippen LogP contribution is 2.26. The zero-order valence-corrected chi connectivity index (χ0v) is 18.4. The summed E-state index contributed by atoms with van der Waals surface area (Å²) in [6, 6.07) is 13.0. The van der Waals surface area contributed by atoms with Gasteiger partial charge < -0.3 is 10.1 Å². The lowest BCUT2D eigenvalue weighted by molar-refractivity contribution is -0.118. The molecule has 0 bridgehead atoms. The first kappa shape index (κ1) is 23.5. The van der Waals surface area contributed by atoms with Crippen LogP contribution in [0.5, 0.6) is 5.75 Å². The molecule has 0 radical (unpaired) electrons. The zero-order valence-electron chi connectivity index (χ0n) is 17.6. The van der Waals surface area contributed by atoms with Crippen LogP contribution in [0.4, 0.5) is 8.78 Å². The molecule has 0 aliphatic rings. The number of thioether (sulfide) groups is 1. The average molecular weight is 459 g/mol. The van der Waals surface area contributed by atoms with Crippen molar-refractivity contribution in [3.8, 4) is 5.75 Å². The summed E-state index contributed by atoms with van der Waals surface area (Å²) in [6.07, 6.45) is 1.77. The molecule has 32 heavy (non-hydrogen) atoms. The van der Waals surface area contributed by atoms with Crippen molar-refractivity contribution in [3.05, 3.63) is 84.2 Å². The molecule has 3 rings (SSSR count). The normalized spacial score (nSPS) is 11.7. The molecule has 0 saturated heterocycles. The molecule has 0 saturated carbocycles. The van der Waals surface area contributed by atoms with Crippen molar-refractivity contribution >= 4 is 17.7 Å². The molecule has 1 amide bonds. The number of halogens is 2. The summed E-state index contributed by atoms with van der Waals surface area (Å²) in [7, 11) is 0. The average Bonchev–Trinajstić information content (AvgIpc) is 3.18. The Bertz CT molecular complexity index is 1060. The van der Waals surface area contributed by atoms with Crippen LogP contribution in [0.3, 0.4) is 0 Å². The maximum Gasteiger partial charge on any atom is 0.230 e. The second-order valence-corrected chi connectivity index (χ2v) is 7.89. The number of carbonyl (C=O) groups excluding carboxylic acids is 1. The van der Waals surface area contributed by atoms with Crippen LogP contribution in [-0.2, 0) is 17.8 Å². The molecule has 1 aromatic heterocycles. The summed E-state index contributed by atoms with van der Waals surface area (Å²) >= 11 is 1.24. The van der Waals surface area contributed by atoms with Crippen molar-refractivity contribution in [2.24, 2.45) is 0 Å². The molecule has 2 aromatic carbocycles. The fourth-order valence-electron chi connectivity index (χ4n) is 2.99. The van der Waals surface area contributed by atoms with E-state index in [1.54, 1.807) is 17.6 Å². The van der Waals surface area contributed by atoms with Gasteiger partial charge in [0.15, 0.2) is 28.7 Å². The Morgan fingerprint density at radius 2 is 2.03 bits per heavy atom. The lowest BCUT2D eigenvalue weighted by atomic mass is 10.1. The van der Waals surface area contributed by atoms with Gasteiger partial charge in [0, 0.05) is 19.2 Å². The van der Waals surface area contributed by atoms with E-state index in [1.165, 1.54) is 17.8 Å². The molecular weight excluding hydrogens is 434 g/mol. The summed E-state index contributed by atoms with van der Waals surface area (Å²) in [4.78, 5) is 12.2. The highest BCUT2D eigenvalue weighted by Gasteiger charge is 2.21. The third kappa shape index (κ3) is 6.40. The van der Waals surface area contributed by atoms with Crippen molar-refractivity contribution in [1.29, 1.82) is 0 Å². The first-order valence-electron chi connectivity index (χ1n) is 10.1. The molecule has 1 atom stereocenters. The Labute approximate surface area is 189 Å². The van der Waals surface area contributed by atoms with Crippen molar-refractivity contribution < 1.29 is 18.3 Å². The number of hydrogen-bond acceptors (Lipinski definition) is 5. The van der Waals surface area contributed by atoms with Gasteiger partial charge in [-0.15, -0.1) is 16.8 Å². The fraction of sp³-hybridized carbons (Fsp3) is 0.261. The molecule has 0 aliphatic heterocycles. The van der Waals surface area contributed by atoms with Crippen LogP contribution in [0.1, 0.15) is 24.4 Å². The van der Waals surface area contributed by atoms with E-state index in [0.717, 1.165) is 24.1 Å². The van der Waals surface area contributed by atoms with Gasteiger partial charge in [0.05, 0.1) is 5.75 Å². The standard InChI is InChI=1S/C23H24F2N4O2S/c1-3-13-29-22(16(2)31-20-10-9-18(24)14-19(20)25)27-28-23(29)32-15-21(30)26-12-11-17-7-5-4-6-8-17/h3-10,14,16H,1,11-13,15H2,2H3,(H,26,30). The number of nitrogens with one attached hydrogen (secondary N) is 1. The largest absolute Gasteiger partial charge is 0.480 e. The van der Waals surface area contributed by atoms with Crippen molar-refractivity contribution in [1.82, 2.24) is 20.1 Å². The van der Waals surface area contributed by atoms with E-state index < -0.39 is 17.7 Å². The fourth-order valence-corrected chi connectivity index (χ4v) is 3.78. The van der Waals surface area contributed by atoms with Crippen LogP contribution in [-0.4, -0.2) is 33.0 Å². The van der Waals surface area contributed by atoms with E-state index >= 15 is 0 Å². The summed E-state index contributed by atoms with van der Waals surface area (Å²) in [5.41, 5.74) is 1.15. The highest BCUT2D eigenvalue weighted by atomic mass is 32.2. The number of aromatic nitrogens is 3. The molecule has 0 aliphatic carbocycles. The van der Waals surface area contributed by atoms with Gasteiger partial charge in [0.2, 0.25) is 5.91 Å². The summed E-state index contributed by atoms with van der Waals surface area (Å²) in [5, 5.41) is 11.7. The summed E-state index contributed by atoms with van der Waals surface area (Å²) < 4.78 is 34.4. The van der Waals surface area contributed by atoms with Crippen LogP contribution < -0.4 is 10.1 Å². The Morgan fingerprint density at radius 1 is 1.25 bits per heavy atom. The molecule has 1 unspecified atom stereocenters. The van der Waals surface area contributed by atoms with Crippen LogP contribution in [0.2, 0.25) is 0 Å². The van der Waals surface area contributed by atoms with E-state index in [-0.39, 0.29) is 17.4 Å². The zero-order chi connectivity index (χ0) is 22.9. The molecule has 0 spiro atoms. The summed E-state index contributed by atoms with van der Waals surface area (Å²) in [5.74, 6) is -1.06. The van der Waals surface area contributed by atoms with E-state index in [2.05, 4.69) is 22.1 Å². The predicted molar refractivity (Wildman–Crippen MR) is 119 cm³/mol. The number of ether oxygens (including phenoxy) is 1. The number of benzene rings is 2. The van der Waals surface area contributed by atoms with E-state index in [4.69, 9.17) is 4.74 Å². The first-order valence-corrected chi connectivity index (χ1v) is 11.1. The Balaban J connectivity index is 1.58. The third-order valence-electron chi connectivity index (χ3n) is 4.53. The van der Waals surface area contributed by atoms with Gasteiger partial charge in [0.1, 0.15) is 5.82 Å². The molecule has 1 N–H and O–H groups in total. The molecule has 6 nitrogen and oxygen atoms in total. The maximum atomic E-state index is 13.9. The highest BCUT2D eigenvalue weighted by molar-refractivity contribution is 7.99. The minimum absolute atomic E-state index is 0.0842. The molecular formula is C23H24F2N4O2S. The first-order chi connectivity index (χ1) is 15.5. The Hall–Kier alpha value is -3.20. The Morgan fingerprint density at radius 3 is 2.75 bits per heavy atom. The maximum absolute atomic E-state index is 13.9. The second-order valence-electron chi connectivity index (χ2n) is 6.95. The Kier molecular flexibility index (Phi) is 8.38. The van der Waals surface area contributed by atoms with Crippen molar-refractivity contribution in [2.45, 2.75) is 31.1 Å².